The molecule has 2 aromatic carbocycles. The highest BCUT2D eigenvalue weighted by Crippen LogP contribution is 2.31. The number of halogens is 1. The molecule has 0 aliphatic carbocycles. The van der Waals surface area contributed by atoms with Crippen LogP contribution in [0, 0.1) is 12.7 Å². The van der Waals surface area contributed by atoms with Gasteiger partial charge in [-0.05, 0) is 41.6 Å². The minimum atomic E-state index is -3.64. The second kappa shape index (κ2) is 8.67. The fourth-order valence-electron chi connectivity index (χ4n) is 2.81. The largest absolute Gasteiger partial charge is 0.354 e. The van der Waals surface area contributed by atoms with Crippen LogP contribution in [0.2, 0.25) is 0 Å². The monoisotopic (exact) mass is 417 g/mol. The van der Waals surface area contributed by atoms with Crippen LogP contribution in [0.15, 0.2) is 70.3 Å². The number of amides is 1. The van der Waals surface area contributed by atoms with Gasteiger partial charge in [-0.2, -0.15) is 0 Å². The maximum Gasteiger partial charge on any atom is 0.224 e. The number of rotatable bonds is 7. The molecule has 1 N–H and O–H groups in total. The van der Waals surface area contributed by atoms with E-state index in [4.69, 9.17) is 0 Å². The topological polar surface area (TPSA) is 63.2 Å². The number of carbonyl (C=O) groups excluding carboxylic acids is 1. The summed E-state index contributed by atoms with van der Waals surface area (Å²) in [6.07, 6.45) is 0.0555. The van der Waals surface area contributed by atoms with Crippen molar-refractivity contribution in [2.45, 2.75) is 22.8 Å². The maximum absolute atomic E-state index is 13.1. The number of hydrogen-bond donors (Lipinski definition) is 1. The molecule has 0 spiro atoms. The smallest absolute Gasteiger partial charge is 0.224 e. The SMILES string of the molecule is Cc1ccc([C@@H](CNC(=O)Cc2ccc(F)cc2)S(=O)(=O)c2cccs2)cc1. The molecule has 28 heavy (non-hydrogen) atoms. The zero-order chi connectivity index (χ0) is 20.1. The Morgan fingerprint density at radius 2 is 1.75 bits per heavy atom. The number of thiophene rings is 1. The van der Waals surface area contributed by atoms with Gasteiger partial charge in [0, 0.05) is 6.54 Å². The predicted molar refractivity (Wildman–Crippen MR) is 109 cm³/mol. The zero-order valence-electron chi connectivity index (χ0n) is 15.3. The Hall–Kier alpha value is -2.51. The van der Waals surface area contributed by atoms with Gasteiger partial charge in [0.2, 0.25) is 5.91 Å². The summed E-state index contributed by atoms with van der Waals surface area (Å²) in [4.78, 5) is 12.3. The number of benzene rings is 2. The lowest BCUT2D eigenvalue weighted by Gasteiger charge is -2.18. The van der Waals surface area contributed by atoms with Gasteiger partial charge in [0.05, 0.1) is 6.42 Å². The highest BCUT2D eigenvalue weighted by molar-refractivity contribution is 7.93. The molecule has 0 saturated heterocycles. The average Bonchev–Trinajstić information content (AvgIpc) is 3.21. The number of carbonyl (C=O) groups is 1. The molecule has 1 amide bonds. The first-order chi connectivity index (χ1) is 13.4. The first-order valence-corrected chi connectivity index (χ1v) is 11.1. The highest BCUT2D eigenvalue weighted by Gasteiger charge is 2.30. The molecule has 0 unspecified atom stereocenters. The molecule has 0 bridgehead atoms. The van der Waals surface area contributed by atoms with Crippen molar-refractivity contribution in [3.05, 3.63) is 88.6 Å². The summed E-state index contributed by atoms with van der Waals surface area (Å²) in [7, 11) is -3.64. The summed E-state index contributed by atoms with van der Waals surface area (Å²) >= 11 is 1.16. The third-order valence-electron chi connectivity index (χ3n) is 4.36. The number of aryl methyl sites for hydroxylation is 1. The van der Waals surface area contributed by atoms with Gasteiger partial charge in [0.25, 0.3) is 0 Å². The molecule has 1 aromatic heterocycles. The summed E-state index contributed by atoms with van der Waals surface area (Å²) in [5.41, 5.74) is 2.31. The summed E-state index contributed by atoms with van der Waals surface area (Å²) < 4.78 is 39.5. The minimum absolute atomic E-state index is 0.0384. The van der Waals surface area contributed by atoms with Crippen LogP contribution in [0.5, 0.6) is 0 Å². The van der Waals surface area contributed by atoms with E-state index in [0.29, 0.717) is 11.1 Å². The molecule has 1 heterocycles. The lowest BCUT2D eigenvalue weighted by atomic mass is 10.1. The molecule has 1 atom stereocenters. The Bertz CT molecular complexity index is 1030. The van der Waals surface area contributed by atoms with Crippen molar-refractivity contribution >= 4 is 27.1 Å². The molecule has 146 valence electrons. The lowest BCUT2D eigenvalue weighted by molar-refractivity contribution is -0.120. The lowest BCUT2D eigenvalue weighted by Crippen LogP contribution is -2.32. The van der Waals surface area contributed by atoms with Crippen LogP contribution in [0.3, 0.4) is 0 Å². The van der Waals surface area contributed by atoms with Gasteiger partial charge in [0.15, 0.2) is 9.84 Å². The van der Waals surface area contributed by atoms with Crippen molar-refractivity contribution in [2.75, 3.05) is 6.54 Å². The molecular weight excluding hydrogens is 397 g/mol. The summed E-state index contributed by atoms with van der Waals surface area (Å²) in [6.45, 7) is 1.89. The van der Waals surface area contributed by atoms with Gasteiger partial charge >= 0.3 is 0 Å². The van der Waals surface area contributed by atoms with Crippen molar-refractivity contribution in [3.63, 3.8) is 0 Å². The third kappa shape index (κ3) is 4.85. The second-order valence-electron chi connectivity index (χ2n) is 6.48. The number of sulfone groups is 1. The molecule has 0 saturated carbocycles. The van der Waals surface area contributed by atoms with Crippen LogP contribution >= 0.6 is 11.3 Å². The van der Waals surface area contributed by atoms with Gasteiger partial charge in [-0.1, -0.05) is 48.0 Å². The quantitative estimate of drug-likeness (QED) is 0.630. The van der Waals surface area contributed by atoms with E-state index < -0.39 is 15.1 Å². The summed E-state index contributed by atoms with van der Waals surface area (Å²) in [5, 5.41) is 3.55. The highest BCUT2D eigenvalue weighted by atomic mass is 32.2. The van der Waals surface area contributed by atoms with Crippen LogP contribution < -0.4 is 5.32 Å². The maximum atomic E-state index is 13.1. The van der Waals surface area contributed by atoms with Crippen molar-refractivity contribution in [1.29, 1.82) is 0 Å². The van der Waals surface area contributed by atoms with Gasteiger partial charge in [-0.3, -0.25) is 4.79 Å². The van der Waals surface area contributed by atoms with E-state index in [1.54, 1.807) is 29.6 Å². The van der Waals surface area contributed by atoms with Crippen LogP contribution in [-0.4, -0.2) is 20.9 Å². The van der Waals surface area contributed by atoms with Crippen molar-refractivity contribution in [2.24, 2.45) is 0 Å². The molecule has 7 heteroatoms. The molecule has 3 aromatic rings. The van der Waals surface area contributed by atoms with Gasteiger partial charge in [0.1, 0.15) is 15.3 Å². The Balaban J connectivity index is 1.78. The van der Waals surface area contributed by atoms with Crippen LogP contribution in [0.25, 0.3) is 0 Å². The first-order valence-electron chi connectivity index (χ1n) is 8.71. The standard InChI is InChI=1S/C21H20FNO3S2/c1-15-4-8-17(9-5-15)19(28(25,26)21-3-2-12-27-21)14-23-20(24)13-16-6-10-18(22)11-7-16/h2-12,19H,13-14H2,1H3,(H,23,24)/t19-/m1/s1. The molecule has 0 aliphatic rings. The third-order valence-corrected chi connectivity index (χ3v) is 7.89. The van der Waals surface area contributed by atoms with E-state index in [0.717, 1.165) is 16.9 Å². The van der Waals surface area contributed by atoms with E-state index in [9.17, 15) is 17.6 Å². The predicted octanol–water partition coefficient (Wildman–Crippen LogP) is 4.07. The molecule has 0 aliphatic heterocycles. The molecule has 4 nitrogen and oxygen atoms in total. The Labute approximate surface area is 168 Å². The van der Waals surface area contributed by atoms with E-state index >= 15 is 0 Å². The second-order valence-corrected chi connectivity index (χ2v) is 9.79. The van der Waals surface area contributed by atoms with Crippen molar-refractivity contribution < 1.29 is 17.6 Å². The Morgan fingerprint density at radius 1 is 1.07 bits per heavy atom. The van der Waals surface area contributed by atoms with Crippen molar-refractivity contribution in [1.82, 2.24) is 5.32 Å². The van der Waals surface area contributed by atoms with Crippen LogP contribution in [0.1, 0.15) is 21.9 Å². The minimum Gasteiger partial charge on any atom is -0.354 e. The molecule has 0 fully saturated rings. The van der Waals surface area contributed by atoms with Crippen LogP contribution in [0.4, 0.5) is 4.39 Å². The zero-order valence-corrected chi connectivity index (χ0v) is 16.9. The Kier molecular flexibility index (Phi) is 6.26. The first kappa shape index (κ1) is 20.2. The van der Waals surface area contributed by atoms with Gasteiger partial charge < -0.3 is 5.32 Å². The number of nitrogens with one attached hydrogen (secondary N) is 1. The Morgan fingerprint density at radius 3 is 2.36 bits per heavy atom. The van der Waals surface area contributed by atoms with Gasteiger partial charge in [-0.15, -0.1) is 11.3 Å². The fourth-order valence-corrected chi connectivity index (χ4v) is 5.68. The average molecular weight is 418 g/mol. The summed E-state index contributed by atoms with van der Waals surface area (Å²) in [5.74, 6) is -0.685. The number of hydrogen-bond acceptors (Lipinski definition) is 4. The van der Waals surface area contributed by atoms with E-state index in [2.05, 4.69) is 5.32 Å². The fraction of sp³-hybridized carbons (Fsp3) is 0.190. The molecular formula is C21H20FNO3S2. The van der Waals surface area contributed by atoms with Gasteiger partial charge in [-0.25, -0.2) is 12.8 Å². The van der Waals surface area contributed by atoms with Crippen molar-refractivity contribution in [3.8, 4) is 0 Å². The van der Waals surface area contributed by atoms with E-state index in [-0.39, 0.29) is 28.9 Å². The normalized spacial score (nSPS) is 12.5. The van der Waals surface area contributed by atoms with Crippen LogP contribution in [-0.2, 0) is 21.1 Å². The molecule has 3 rings (SSSR count). The molecule has 0 radical (unpaired) electrons. The van der Waals surface area contributed by atoms with E-state index in [1.165, 1.54) is 24.3 Å². The summed E-state index contributed by atoms with van der Waals surface area (Å²) in [6, 6.07) is 16.2. The van der Waals surface area contributed by atoms with E-state index in [1.807, 2.05) is 19.1 Å².